The Labute approximate surface area is 42.2 Å². The fraction of sp³-hybridized carbons (Fsp3) is 0. The van der Waals surface area contributed by atoms with Crippen LogP contribution in [-0.2, 0) is 0 Å². The Morgan fingerprint density at radius 3 is 2.71 bits per heavy atom. The van der Waals surface area contributed by atoms with E-state index in [0.717, 1.165) is 5.69 Å². The van der Waals surface area contributed by atoms with Crippen LogP contribution in [0.2, 0.25) is 0 Å². The van der Waals surface area contributed by atoms with Gasteiger partial charge in [-0.15, -0.1) is 0 Å². The Morgan fingerprint density at radius 1 is 1.57 bits per heavy atom. The normalized spacial score (nSPS) is 8.71. The summed E-state index contributed by atoms with van der Waals surface area (Å²) in [4.78, 5) is 7.45. The molecular formula is C5H5N2. The largest absolute Gasteiger partial charge is 0.245 e. The second kappa shape index (κ2) is 1.69. The van der Waals surface area contributed by atoms with Crippen molar-refractivity contribution in [3.63, 3.8) is 0 Å². The molecule has 0 atom stereocenters. The molecule has 0 N–H and O–H groups in total. The number of hydrogen-bond donors (Lipinski definition) is 0. The topological polar surface area (TPSA) is 25.8 Å². The summed E-state index contributed by atoms with van der Waals surface area (Å²) >= 11 is 0. The summed E-state index contributed by atoms with van der Waals surface area (Å²) in [5.41, 5.74) is 0.759. The van der Waals surface area contributed by atoms with Gasteiger partial charge in [0.2, 0.25) is 0 Å². The summed E-state index contributed by atoms with van der Waals surface area (Å²) in [7, 11) is 0. The smallest absolute Gasteiger partial charge is 0.115 e. The lowest BCUT2D eigenvalue weighted by Crippen LogP contribution is -1.77. The second-order valence-corrected chi connectivity index (χ2v) is 1.20. The van der Waals surface area contributed by atoms with Gasteiger partial charge in [-0.1, -0.05) is 0 Å². The van der Waals surface area contributed by atoms with Crippen molar-refractivity contribution in [1.82, 2.24) is 9.97 Å². The van der Waals surface area contributed by atoms with E-state index in [1.54, 1.807) is 12.3 Å². The van der Waals surface area contributed by atoms with Crippen LogP contribution in [0.5, 0.6) is 0 Å². The Balaban J connectivity index is 3.02. The van der Waals surface area contributed by atoms with Gasteiger partial charge in [0.05, 0.1) is 0 Å². The monoisotopic (exact) mass is 93.0 g/mol. The van der Waals surface area contributed by atoms with Crippen molar-refractivity contribution in [3.05, 3.63) is 31.2 Å². The highest BCUT2D eigenvalue weighted by Gasteiger charge is 1.74. The average Bonchev–Trinajstić information content (AvgIpc) is 1.69. The van der Waals surface area contributed by atoms with E-state index in [1.165, 1.54) is 6.33 Å². The van der Waals surface area contributed by atoms with Crippen molar-refractivity contribution in [1.29, 1.82) is 0 Å². The highest BCUT2D eigenvalue weighted by Crippen LogP contribution is 1.82. The number of aromatic nitrogens is 2. The molecule has 0 amide bonds. The maximum Gasteiger partial charge on any atom is 0.115 e. The minimum Gasteiger partial charge on any atom is -0.245 e. The highest BCUT2D eigenvalue weighted by atomic mass is 14.8. The molecule has 0 unspecified atom stereocenters. The minimum atomic E-state index is 0.759. The van der Waals surface area contributed by atoms with Crippen LogP contribution in [0.1, 0.15) is 5.69 Å². The van der Waals surface area contributed by atoms with Crippen LogP contribution in [0.4, 0.5) is 0 Å². The summed E-state index contributed by atoms with van der Waals surface area (Å²) in [5.74, 6) is 0. The lowest BCUT2D eigenvalue weighted by atomic mass is 10.5. The molecule has 0 spiro atoms. The molecule has 35 valence electrons. The van der Waals surface area contributed by atoms with Crippen LogP contribution < -0.4 is 0 Å². The summed E-state index contributed by atoms with van der Waals surface area (Å²) in [6.07, 6.45) is 3.14. The average molecular weight is 93.1 g/mol. The van der Waals surface area contributed by atoms with Gasteiger partial charge in [-0.3, -0.25) is 0 Å². The van der Waals surface area contributed by atoms with E-state index < -0.39 is 0 Å². The molecule has 1 heterocycles. The van der Waals surface area contributed by atoms with Crippen LogP contribution in [0, 0.1) is 6.92 Å². The Morgan fingerprint density at radius 2 is 2.43 bits per heavy atom. The summed E-state index contributed by atoms with van der Waals surface area (Å²) in [5, 5.41) is 0. The molecule has 1 aromatic rings. The number of hydrogen-bond acceptors (Lipinski definition) is 2. The molecule has 1 radical (unpaired) electrons. The van der Waals surface area contributed by atoms with E-state index >= 15 is 0 Å². The molecule has 0 fully saturated rings. The maximum absolute atomic E-state index is 3.76. The van der Waals surface area contributed by atoms with Crippen LogP contribution in [-0.4, -0.2) is 9.97 Å². The molecule has 0 saturated carbocycles. The van der Waals surface area contributed by atoms with Crippen LogP contribution >= 0.6 is 0 Å². The van der Waals surface area contributed by atoms with E-state index in [0.29, 0.717) is 0 Å². The molecule has 0 aromatic carbocycles. The third-order valence-corrected chi connectivity index (χ3v) is 0.643. The zero-order chi connectivity index (χ0) is 5.11. The lowest BCUT2D eigenvalue weighted by molar-refractivity contribution is 1.14. The molecule has 0 aliphatic heterocycles. The van der Waals surface area contributed by atoms with Gasteiger partial charge in [-0.05, 0) is 13.0 Å². The lowest BCUT2D eigenvalue weighted by Gasteiger charge is -1.81. The van der Waals surface area contributed by atoms with Crippen molar-refractivity contribution >= 4 is 0 Å². The fourth-order valence-electron chi connectivity index (χ4n) is 0.318. The molecule has 2 nitrogen and oxygen atoms in total. The third kappa shape index (κ3) is 0.961. The highest BCUT2D eigenvalue weighted by molar-refractivity contribution is 5.00. The van der Waals surface area contributed by atoms with Gasteiger partial charge in [0, 0.05) is 11.9 Å². The summed E-state index contributed by atoms with van der Waals surface area (Å²) in [6, 6.07) is 1.75. The maximum atomic E-state index is 3.76. The van der Waals surface area contributed by atoms with Crippen molar-refractivity contribution in [2.24, 2.45) is 0 Å². The van der Waals surface area contributed by atoms with Gasteiger partial charge in [0.25, 0.3) is 0 Å². The standard InChI is InChI=1S/C5H5N2/c1-5-2-3-6-4-7-5/h2-4H,1H2. The summed E-state index contributed by atoms with van der Waals surface area (Å²) in [6.45, 7) is 3.57. The van der Waals surface area contributed by atoms with Crippen molar-refractivity contribution in [2.75, 3.05) is 0 Å². The molecular weight excluding hydrogens is 88.1 g/mol. The summed E-state index contributed by atoms with van der Waals surface area (Å²) < 4.78 is 0. The fourth-order valence-corrected chi connectivity index (χ4v) is 0.318. The van der Waals surface area contributed by atoms with Gasteiger partial charge < -0.3 is 0 Å². The molecule has 7 heavy (non-hydrogen) atoms. The van der Waals surface area contributed by atoms with E-state index in [-0.39, 0.29) is 0 Å². The van der Waals surface area contributed by atoms with Gasteiger partial charge >= 0.3 is 0 Å². The van der Waals surface area contributed by atoms with Crippen LogP contribution in [0.25, 0.3) is 0 Å². The third-order valence-electron chi connectivity index (χ3n) is 0.643. The zero-order valence-corrected chi connectivity index (χ0v) is 3.83. The second-order valence-electron chi connectivity index (χ2n) is 1.20. The SMILES string of the molecule is [CH2]c1ccncn1. The van der Waals surface area contributed by atoms with Gasteiger partial charge in [-0.2, -0.15) is 0 Å². The molecule has 2 heteroatoms. The van der Waals surface area contributed by atoms with E-state index in [9.17, 15) is 0 Å². The first-order valence-corrected chi connectivity index (χ1v) is 1.97. The number of rotatable bonds is 0. The Bertz CT molecular complexity index is 136. The Hall–Kier alpha value is -0.920. The first kappa shape index (κ1) is 4.24. The molecule has 1 rings (SSSR count). The van der Waals surface area contributed by atoms with Gasteiger partial charge in [0.15, 0.2) is 0 Å². The van der Waals surface area contributed by atoms with E-state index in [4.69, 9.17) is 0 Å². The predicted molar refractivity (Wildman–Crippen MR) is 26.5 cm³/mol. The van der Waals surface area contributed by atoms with Crippen molar-refractivity contribution < 1.29 is 0 Å². The zero-order valence-electron chi connectivity index (χ0n) is 3.83. The molecule has 0 aliphatic rings. The molecule has 1 aromatic heterocycles. The van der Waals surface area contributed by atoms with Gasteiger partial charge in [0.1, 0.15) is 6.33 Å². The molecule has 0 bridgehead atoms. The van der Waals surface area contributed by atoms with Crippen LogP contribution in [0.15, 0.2) is 18.6 Å². The first-order valence-electron chi connectivity index (χ1n) is 1.97. The molecule has 0 saturated heterocycles. The van der Waals surface area contributed by atoms with Crippen LogP contribution in [0.3, 0.4) is 0 Å². The number of nitrogens with zero attached hydrogens (tertiary/aromatic N) is 2. The predicted octanol–water partition coefficient (Wildman–Crippen LogP) is 0.659. The van der Waals surface area contributed by atoms with Gasteiger partial charge in [-0.25, -0.2) is 9.97 Å². The van der Waals surface area contributed by atoms with E-state index in [2.05, 4.69) is 16.9 Å². The Kier molecular flexibility index (Phi) is 1.02. The van der Waals surface area contributed by atoms with Crippen molar-refractivity contribution in [3.8, 4) is 0 Å². The quantitative estimate of drug-likeness (QED) is 0.471. The van der Waals surface area contributed by atoms with E-state index in [1.807, 2.05) is 0 Å². The molecule has 0 aliphatic carbocycles. The van der Waals surface area contributed by atoms with Crippen molar-refractivity contribution in [2.45, 2.75) is 0 Å². The minimum absolute atomic E-state index is 0.759. The first-order chi connectivity index (χ1) is 3.39.